The highest BCUT2D eigenvalue weighted by Crippen LogP contribution is 2.33. The monoisotopic (exact) mass is 419 g/mol. The number of nitrogens with one attached hydrogen (secondary N) is 2. The number of ether oxygens (including phenoxy) is 1. The minimum atomic E-state index is -0.717. The van der Waals surface area contributed by atoms with E-state index in [1.54, 1.807) is 24.3 Å². The first kappa shape index (κ1) is 19.2. The Bertz CT molecular complexity index is 1400. The summed E-state index contributed by atoms with van der Waals surface area (Å²) in [5.41, 5.74) is 2.19. The molecule has 0 saturated heterocycles. The number of rotatable bonds is 4. The number of nitrogens with zero attached hydrogens (tertiary/aromatic N) is 1. The van der Waals surface area contributed by atoms with Crippen LogP contribution in [0.5, 0.6) is 11.6 Å². The van der Waals surface area contributed by atoms with E-state index in [0.29, 0.717) is 18.0 Å². The first-order chi connectivity index (χ1) is 15.1. The van der Waals surface area contributed by atoms with E-state index < -0.39 is 17.3 Å². The summed E-state index contributed by atoms with van der Waals surface area (Å²) in [5, 5.41) is 14.3. The van der Waals surface area contributed by atoms with Gasteiger partial charge in [0.2, 0.25) is 5.88 Å². The molecule has 0 aliphatic carbocycles. The lowest BCUT2D eigenvalue weighted by Crippen LogP contribution is -2.87. The third-order valence-electron chi connectivity index (χ3n) is 5.79. The van der Waals surface area contributed by atoms with Crippen LogP contribution in [0.1, 0.15) is 29.8 Å². The zero-order valence-electron chi connectivity index (χ0n) is 17.0. The van der Waals surface area contributed by atoms with Crippen LogP contribution in [-0.4, -0.2) is 32.8 Å². The van der Waals surface area contributed by atoms with E-state index in [0.717, 1.165) is 39.7 Å². The molecule has 0 amide bonds. The van der Waals surface area contributed by atoms with Crippen LogP contribution in [0.3, 0.4) is 0 Å². The van der Waals surface area contributed by atoms with Crippen molar-refractivity contribution < 1.29 is 15.2 Å². The Balaban J connectivity index is 1.74. The zero-order chi connectivity index (χ0) is 21.5. The first-order valence-corrected chi connectivity index (χ1v) is 10.3. The van der Waals surface area contributed by atoms with Crippen molar-refractivity contribution >= 4 is 10.9 Å². The number of aromatic nitrogens is 3. The topological polar surface area (TPSA) is 117 Å². The molecule has 0 fully saturated rings. The standard InChI is InChI=1S/C23H22N4O4/c1-2-31-17-10-6-5-9-16(17)27-22(29)18(21(28)26-23(27)30)20-19-14(11-12-24-20)13-7-3-4-8-15(13)25-19/h3-10,20,24-25,29H,2,11-12H2,1H3,(H,26,28,30)/p+1/t20-/m0/s1. The maximum absolute atomic E-state index is 12.9. The second-order valence-electron chi connectivity index (χ2n) is 7.55. The molecule has 31 heavy (non-hydrogen) atoms. The smallest absolute Gasteiger partial charge is 0.335 e. The van der Waals surface area contributed by atoms with Crippen molar-refractivity contribution in [1.82, 2.24) is 14.5 Å². The SMILES string of the molecule is CCOc1ccccc1-n1c(O)c([C@@H]2[NH2+]CCc3c2[nH]c2ccccc32)c(=O)[nH]c1=O. The Morgan fingerprint density at radius 1 is 1.13 bits per heavy atom. The normalized spacial score (nSPS) is 15.7. The summed E-state index contributed by atoms with van der Waals surface area (Å²) in [6.45, 7) is 3.00. The minimum absolute atomic E-state index is 0.137. The predicted molar refractivity (Wildman–Crippen MR) is 116 cm³/mol. The summed E-state index contributed by atoms with van der Waals surface area (Å²) >= 11 is 0. The van der Waals surface area contributed by atoms with Crippen LogP contribution in [0.15, 0.2) is 58.1 Å². The molecule has 1 aliphatic heterocycles. The number of aromatic hydroxyl groups is 1. The zero-order valence-corrected chi connectivity index (χ0v) is 17.0. The van der Waals surface area contributed by atoms with Crippen molar-refractivity contribution in [3.8, 4) is 17.3 Å². The molecule has 0 saturated carbocycles. The number of para-hydroxylation sites is 3. The average molecular weight is 419 g/mol. The van der Waals surface area contributed by atoms with E-state index in [2.05, 4.69) is 16.0 Å². The molecule has 8 nitrogen and oxygen atoms in total. The first-order valence-electron chi connectivity index (χ1n) is 10.3. The number of aromatic amines is 2. The lowest BCUT2D eigenvalue weighted by atomic mass is 9.95. The molecule has 1 atom stereocenters. The van der Waals surface area contributed by atoms with Crippen LogP contribution in [-0.2, 0) is 6.42 Å². The van der Waals surface area contributed by atoms with Crippen LogP contribution in [0.25, 0.3) is 16.6 Å². The maximum atomic E-state index is 12.9. The van der Waals surface area contributed by atoms with Crippen molar-refractivity contribution in [3.63, 3.8) is 0 Å². The second kappa shape index (κ2) is 7.48. The van der Waals surface area contributed by atoms with Gasteiger partial charge >= 0.3 is 5.69 Å². The van der Waals surface area contributed by atoms with Gasteiger partial charge in [0.1, 0.15) is 11.3 Å². The van der Waals surface area contributed by atoms with E-state index in [1.165, 1.54) is 0 Å². The fourth-order valence-electron chi connectivity index (χ4n) is 4.49. The van der Waals surface area contributed by atoms with Gasteiger partial charge in [-0.15, -0.1) is 0 Å². The highest BCUT2D eigenvalue weighted by atomic mass is 16.5. The summed E-state index contributed by atoms with van der Waals surface area (Å²) in [6, 6.07) is 14.4. The molecule has 5 N–H and O–H groups in total. The largest absolute Gasteiger partial charge is 0.494 e. The van der Waals surface area contributed by atoms with Gasteiger partial charge in [0, 0.05) is 17.3 Å². The molecular formula is C23H23N4O4+. The average Bonchev–Trinajstić information content (AvgIpc) is 3.14. The van der Waals surface area contributed by atoms with Gasteiger partial charge in [0.25, 0.3) is 5.56 Å². The van der Waals surface area contributed by atoms with Gasteiger partial charge in [0.15, 0.2) is 6.04 Å². The molecule has 0 spiro atoms. The van der Waals surface area contributed by atoms with E-state index >= 15 is 0 Å². The quantitative estimate of drug-likeness (QED) is 0.399. The van der Waals surface area contributed by atoms with Crippen molar-refractivity contribution in [2.45, 2.75) is 19.4 Å². The summed E-state index contributed by atoms with van der Waals surface area (Å²) in [6.07, 6.45) is 0.849. The van der Waals surface area contributed by atoms with Gasteiger partial charge in [-0.05, 0) is 30.7 Å². The van der Waals surface area contributed by atoms with Gasteiger partial charge in [-0.3, -0.25) is 9.78 Å². The number of H-pyrrole nitrogens is 2. The molecule has 3 heterocycles. The van der Waals surface area contributed by atoms with Crippen molar-refractivity contribution in [2.75, 3.05) is 13.2 Å². The molecule has 2 aromatic carbocycles. The fraction of sp³-hybridized carbons (Fsp3) is 0.217. The van der Waals surface area contributed by atoms with Crippen LogP contribution in [0, 0.1) is 0 Å². The number of quaternary nitrogens is 1. The molecule has 0 bridgehead atoms. The number of hydrogen-bond donors (Lipinski definition) is 4. The Kier molecular flexibility index (Phi) is 4.63. The summed E-state index contributed by atoms with van der Waals surface area (Å²) < 4.78 is 6.74. The lowest BCUT2D eigenvalue weighted by Gasteiger charge is -2.22. The minimum Gasteiger partial charge on any atom is -0.494 e. The van der Waals surface area contributed by atoms with Crippen molar-refractivity contribution in [2.24, 2.45) is 0 Å². The van der Waals surface area contributed by atoms with Crippen molar-refractivity contribution in [1.29, 1.82) is 0 Å². The molecule has 5 rings (SSSR count). The third-order valence-corrected chi connectivity index (χ3v) is 5.79. The Morgan fingerprint density at radius 2 is 1.90 bits per heavy atom. The summed E-state index contributed by atoms with van der Waals surface area (Å²) in [7, 11) is 0. The second-order valence-corrected chi connectivity index (χ2v) is 7.55. The molecular weight excluding hydrogens is 396 g/mol. The molecule has 4 aromatic rings. The van der Waals surface area contributed by atoms with Gasteiger partial charge in [-0.2, -0.15) is 0 Å². The highest BCUT2D eigenvalue weighted by Gasteiger charge is 2.34. The van der Waals surface area contributed by atoms with Crippen LogP contribution in [0.2, 0.25) is 0 Å². The summed E-state index contributed by atoms with van der Waals surface area (Å²) in [4.78, 5) is 31.4. The van der Waals surface area contributed by atoms with E-state index in [9.17, 15) is 14.7 Å². The van der Waals surface area contributed by atoms with E-state index in [-0.39, 0.29) is 11.4 Å². The molecule has 0 radical (unpaired) electrons. The Hall–Kier alpha value is -3.78. The van der Waals surface area contributed by atoms with Gasteiger partial charge < -0.3 is 20.1 Å². The molecule has 2 aromatic heterocycles. The molecule has 8 heteroatoms. The fourth-order valence-corrected chi connectivity index (χ4v) is 4.49. The lowest BCUT2D eigenvalue weighted by molar-refractivity contribution is -0.690. The van der Waals surface area contributed by atoms with Gasteiger partial charge in [-0.25, -0.2) is 9.36 Å². The number of nitrogens with two attached hydrogens (primary N) is 1. The van der Waals surface area contributed by atoms with Crippen LogP contribution >= 0.6 is 0 Å². The molecule has 158 valence electrons. The van der Waals surface area contributed by atoms with Gasteiger partial charge in [0.05, 0.1) is 24.5 Å². The maximum Gasteiger partial charge on any atom is 0.335 e. The van der Waals surface area contributed by atoms with E-state index in [4.69, 9.17) is 4.74 Å². The third kappa shape index (κ3) is 3.03. The highest BCUT2D eigenvalue weighted by molar-refractivity contribution is 5.85. The predicted octanol–water partition coefficient (Wildman–Crippen LogP) is 1.32. The van der Waals surface area contributed by atoms with Crippen molar-refractivity contribution in [3.05, 3.63) is 86.2 Å². The number of hydrogen-bond acceptors (Lipinski definition) is 4. The Morgan fingerprint density at radius 3 is 2.74 bits per heavy atom. The molecule has 0 unspecified atom stereocenters. The van der Waals surface area contributed by atoms with Crippen LogP contribution in [0.4, 0.5) is 0 Å². The van der Waals surface area contributed by atoms with Crippen LogP contribution < -0.4 is 21.3 Å². The van der Waals surface area contributed by atoms with E-state index in [1.807, 2.05) is 30.4 Å². The number of benzene rings is 2. The van der Waals surface area contributed by atoms with Gasteiger partial charge in [-0.1, -0.05) is 30.3 Å². The number of fused-ring (bicyclic) bond motifs is 3. The summed E-state index contributed by atoms with van der Waals surface area (Å²) in [5.74, 6) is 0.0629. The molecule has 1 aliphatic rings. The Labute approximate surface area is 177 Å².